The maximum absolute atomic E-state index is 12.3. The van der Waals surface area contributed by atoms with Crippen molar-refractivity contribution in [2.24, 2.45) is 11.7 Å². The van der Waals surface area contributed by atoms with Gasteiger partial charge in [0.2, 0.25) is 5.91 Å². The Labute approximate surface area is 110 Å². The van der Waals surface area contributed by atoms with E-state index in [2.05, 4.69) is 12.2 Å². The third-order valence-electron chi connectivity index (χ3n) is 4.71. The minimum absolute atomic E-state index is 0.0403. The van der Waals surface area contributed by atoms with E-state index in [9.17, 15) is 4.79 Å². The van der Waals surface area contributed by atoms with Crippen LogP contribution in [0.25, 0.3) is 0 Å². The van der Waals surface area contributed by atoms with Crippen LogP contribution in [0.3, 0.4) is 0 Å². The summed E-state index contributed by atoms with van der Waals surface area (Å²) in [5.41, 5.74) is 5.74. The van der Waals surface area contributed by atoms with Crippen molar-refractivity contribution in [3.63, 3.8) is 0 Å². The molecule has 0 spiro atoms. The molecule has 0 radical (unpaired) electrons. The molecule has 3 N–H and O–H groups in total. The quantitative estimate of drug-likeness (QED) is 0.803. The molecule has 4 unspecified atom stereocenters. The number of nitrogens with one attached hydrogen (secondary N) is 1. The first-order valence-electron chi connectivity index (χ1n) is 7.25. The molecule has 4 nitrogen and oxygen atoms in total. The van der Waals surface area contributed by atoms with Gasteiger partial charge in [-0.2, -0.15) is 0 Å². The summed E-state index contributed by atoms with van der Waals surface area (Å²) in [6.07, 6.45) is 6.30. The first kappa shape index (κ1) is 13.8. The molecule has 1 aliphatic heterocycles. The van der Waals surface area contributed by atoms with E-state index in [4.69, 9.17) is 10.5 Å². The van der Waals surface area contributed by atoms with E-state index in [1.54, 1.807) is 0 Å². The minimum Gasteiger partial charge on any atom is -0.365 e. The molecule has 2 aliphatic rings. The van der Waals surface area contributed by atoms with Crippen LogP contribution >= 0.6 is 0 Å². The molecule has 0 aromatic carbocycles. The van der Waals surface area contributed by atoms with Crippen molar-refractivity contribution in [1.29, 1.82) is 0 Å². The zero-order valence-corrected chi connectivity index (χ0v) is 11.6. The Bertz CT molecular complexity index is 308. The van der Waals surface area contributed by atoms with E-state index in [1.807, 2.05) is 6.92 Å². The lowest BCUT2D eigenvalue weighted by molar-refractivity contribution is -0.134. The van der Waals surface area contributed by atoms with Crippen LogP contribution in [0.15, 0.2) is 0 Å². The number of rotatable bonds is 3. The summed E-state index contributed by atoms with van der Waals surface area (Å²) in [6, 6.07) is 0. The van der Waals surface area contributed by atoms with Crippen molar-refractivity contribution in [3.05, 3.63) is 0 Å². The Morgan fingerprint density at radius 2 is 2.11 bits per heavy atom. The van der Waals surface area contributed by atoms with Crippen LogP contribution in [-0.2, 0) is 9.53 Å². The van der Waals surface area contributed by atoms with Gasteiger partial charge in [0.25, 0.3) is 0 Å². The monoisotopic (exact) mass is 254 g/mol. The van der Waals surface area contributed by atoms with Crippen molar-refractivity contribution in [2.75, 3.05) is 6.54 Å². The molecule has 1 heterocycles. The highest BCUT2D eigenvalue weighted by Crippen LogP contribution is 2.33. The number of carbonyl (C=O) groups is 1. The number of hydrogen-bond acceptors (Lipinski definition) is 3. The highest BCUT2D eigenvalue weighted by atomic mass is 16.5. The van der Waals surface area contributed by atoms with E-state index in [-0.39, 0.29) is 23.7 Å². The van der Waals surface area contributed by atoms with Crippen LogP contribution in [0, 0.1) is 5.92 Å². The van der Waals surface area contributed by atoms with Gasteiger partial charge in [-0.3, -0.25) is 4.79 Å². The van der Waals surface area contributed by atoms with Gasteiger partial charge < -0.3 is 15.8 Å². The topological polar surface area (TPSA) is 64.4 Å². The lowest BCUT2D eigenvalue weighted by Crippen LogP contribution is -2.60. The van der Waals surface area contributed by atoms with E-state index < -0.39 is 0 Å². The van der Waals surface area contributed by atoms with Crippen LogP contribution in [0.2, 0.25) is 0 Å². The predicted molar refractivity (Wildman–Crippen MR) is 71.1 cm³/mol. The SMILES string of the molecule is CC1CCC(C(=O)NC2(CN)CCCCC2C)O1. The molecular formula is C14H26N2O2. The molecule has 2 rings (SSSR count). The zero-order valence-electron chi connectivity index (χ0n) is 11.6. The molecule has 104 valence electrons. The molecule has 1 saturated heterocycles. The van der Waals surface area contributed by atoms with E-state index >= 15 is 0 Å². The molecule has 1 saturated carbocycles. The highest BCUT2D eigenvalue weighted by Gasteiger charge is 2.40. The fourth-order valence-electron chi connectivity index (χ4n) is 3.27. The zero-order chi connectivity index (χ0) is 13.2. The number of hydrogen-bond donors (Lipinski definition) is 2. The minimum atomic E-state index is -0.266. The van der Waals surface area contributed by atoms with Crippen LogP contribution in [0.1, 0.15) is 52.4 Å². The molecule has 18 heavy (non-hydrogen) atoms. The molecule has 0 bridgehead atoms. The van der Waals surface area contributed by atoms with Crippen LogP contribution in [0.4, 0.5) is 0 Å². The average Bonchev–Trinajstić information content (AvgIpc) is 2.79. The molecule has 1 amide bonds. The van der Waals surface area contributed by atoms with Gasteiger partial charge in [-0.05, 0) is 38.5 Å². The Morgan fingerprint density at radius 3 is 2.67 bits per heavy atom. The smallest absolute Gasteiger partial charge is 0.249 e. The summed E-state index contributed by atoms with van der Waals surface area (Å²) in [4.78, 5) is 12.3. The molecule has 4 heteroatoms. The Kier molecular flexibility index (Phi) is 4.28. The first-order valence-corrected chi connectivity index (χ1v) is 7.25. The Hall–Kier alpha value is -0.610. The van der Waals surface area contributed by atoms with Gasteiger partial charge in [-0.15, -0.1) is 0 Å². The number of ether oxygens (including phenoxy) is 1. The molecule has 0 aromatic heterocycles. The number of nitrogens with two attached hydrogens (primary N) is 1. The number of amides is 1. The second-order valence-corrected chi connectivity index (χ2v) is 6.01. The summed E-state index contributed by atoms with van der Waals surface area (Å²) in [5.74, 6) is 0.498. The number of carbonyl (C=O) groups excluding carboxylic acids is 1. The average molecular weight is 254 g/mol. The van der Waals surface area contributed by atoms with Crippen molar-refractivity contribution in [2.45, 2.75) is 70.1 Å². The summed E-state index contributed by atoms with van der Waals surface area (Å²) in [7, 11) is 0. The van der Waals surface area contributed by atoms with Gasteiger partial charge in [-0.25, -0.2) is 0 Å². The molecule has 4 atom stereocenters. The van der Waals surface area contributed by atoms with Gasteiger partial charge in [0, 0.05) is 6.54 Å². The van der Waals surface area contributed by atoms with Crippen LogP contribution < -0.4 is 11.1 Å². The fourth-order valence-corrected chi connectivity index (χ4v) is 3.27. The van der Waals surface area contributed by atoms with Crippen molar-refractivity contribution < 1.29 is 9.53 Å². The third kappa shape index (κ3) is 2.69. The van der Waals surface area contributed by atoms with E-state index in [0.717, 1.165) is 32.1 Å². The molecule has 1 aliphatic carbocycles. The van der Waals surface area contributed by atoms with Gasteiger partial charge in [0.1, 0.15) is 6.10 Å². The van der Waals surface area contributed by atoms with Gasteiger partial charge in [0.05, 0.1) is 11.6 Å². The Morgan fingerprint density at radius 1 is 1.33 bits per heavy atom. The molecule has 0 aromatic rings. The third-order valence-corrected chi connectivity index (χ3v) is 4.71. The largest absolute Gasteiger partial charge is 0.365 e. The normalized spacial score (nSPS) is 40.7. The van der Waals surface area contributed by atoms with Crippen molar-refractivity contribution >= 4 is 5.91 Å². The van der Waals surface area contributed by atoms with Crippen LogP contribution in [0.5, 0.6) is 0 Å². The van der Waals surface area contributed by atoms with E-state index in [0.29, 0.717) is 12.5 Å². The maximum atomic E-state index is 12.3. The molecule has 2 fully saturated rings. The second kappa shape index (κ2) is 5.57. The van der Waals surface area contributed by atoms with Gasteiger partial charge >= 0.3 is 0 Å². The second-order valence-electron chi connectivity index (χ2n) is 6.01. The maximum Gasteiger partial charge on any atom is 0.249 e. The summed E-state index contributed by atoms with van der Waals surface area (Å²) >= 11 is 0. The Balaban J connectivity index is 1.99. The van der Waals surface area contributed by atoms with Gasteiger partial charge in [-0.1, -0.05) is 19.8 Å². The van der Waals surface area contributed by atoms with Crippen LogP contribution in [-0.4, -0.2) is 30.2 Å². The van der Waals surface area contributed by atoms with E-state index in [1.165, 1.54) is 6.42 Å². The highest BCUT2D eigenvalue weighted by molar-refractivity contribution is 5.81. The fraction of sp³-hybridized carbons (Fsp3) is 0.929. The molecular weight excluding hydrogens is 228 g/mol. The lowest BCUT2D eigenvalue weighted by Gasteiger charge is -2.43. The van der Waals surface area contributed by atoms with Gasteiger partial charge in [0.15, 0.2) is 0 Å². The summed E-state index contributed by atoms with van der Waals surface area (Å²) < 4.78 is 5.64. The van der Waals surface area contributed by atoms with Crippen molar-refractivity contribution in [1.82, 2.24) is 5.32 Å². The lowest BCUT2D eigenvalue weighted by atomic mass is 9.73. The summed E-state index contributed by atoms with van der Waals surface area (Å²) in [6.45, 7) is 4.75. The standard InChI is InChI=1S/C14H26N2O2/c1-10-5-3-4-8-14(10,9-15)16-13(17)12-7-6-11(2)18-12/h10-12H,3-9,15H2,1-2H3,(H,16,17). The first-order chi connectivity index (χ1) is 8.57. The van der Waals surface area contributed by atoms with Crippen molar-refractivity contribution in [3.8, 4) is 0 Å². The predicted octanol–water partition coefficient (Wildman–Crippen LogP) is 1.58. The summed E-state index contributed by atoms with van der Waals surface area (Å²) in [5, 5.41) is 3.21.